The molecular formula is C28H30N2O4. The van der Waals surface area contributed by atoms with Gasteiger partial charge < -0.3 is 19.3 Å². The molecule has 6 nitrogen and oxygen atoms in total. The van der Waals surface area contributed by atoms with Gasteiger partial charge in [0.15, 0.2) is 6.61 Å². The minimum absolute atomic E-state index is 0.0538. The quantitative estimate of drug-likeness (QED) is 0.487. The molecule has 0 N–H and O–H groups in total. The fourth-order valence-corrected chi connectivity index (χ4v) is 4.42. The largest absolute Gasteiger partial charge is 0.497 e. The molecular weight excluding hydrogens is 428 g/mol. The number of likely N-dealkylation sites (N-methyl/N-ethyl adjacent to an activating group) is 1. The maximum Gasteiger partial charge on any atom is 0.262 e. The predicted octanol–water partition coefficient (Wildman–Crippen LogP) is 3.94. The Morgan fingerprint density at radius 2 is 1.50 bits per heavy atom. The van der Waals surface area contributed by atoms with E-state index >= 15 is 0 Å². The summed E-state index contributed by atoms with van der Waals surface area (Å²) in [7, 11) is 3.40. The highest BCUT2D eigenvalue weighted by molar-refractivity contribution is 5.92. The van der Waals surface area contributed by atoms with Crippen LogP contribution in [0.2, 0.25) is 0 Å². The van der Waals surface area contributed by atoms with Gasteiger partial charge in [-0.05, 0) is 48.2 Å². The monoisotopic (exact) mass is 458 g/mol. The second-order valence-corrected chi connectivity index (χ2v) is 8.42. The van der Waals surface area contributed by atoms with Gasteiger partial charge in [0, 0.05) is 13.5 Å². The third-order valence-electron chi connectivity index (χ3n) is 6.25. The summed E-state index contributed by atoms with van der Waals surface area (Å²) in [4.78, 5) is 30.2. The minimum Gasteiger partial charge on any atom is -0.497 e. The lowest BCUT2D eigenvalue weighted by Gasteiger charge is -2.30. The number of hydrogen-bond acceptors (Lipinski definition) is 4. The summed E-state index contributed by atoms with van der Waals surface area (Å²) in [5.41, 5.74) is 2.15. The van der Waals surface area contributed by atoms with Crippen molar-refractivity contribution in [3.8, 4) is 11.5 Å². The summed E-state index contributed by atoms with van der Waals surface area (Å²) in [6.45, 7) is -0.119. The van der Waals surface area contributed by atoms with Gasteiger partial charge in [-0.3, -0.25) is 9.59 Å². The number of amides is 2. The molecule has 2 amide bonds. The Kier molecular flexibility index (Phi) is 7.48. The molecule has 0 aliphatic carbocycles. The van der Waals surface area contributed by atoms with E-state index in [0.29, 0.717) is 18.6 Å². The zero-order valence-corrected chi connectivity index (χ0v) is 19.6. The van der Waals surface area contributed by atoms with Crippen LogP contribution in [0.1, 0.15) is 17.5 Å². The first-order valence-corrected chi connectivity index (χ1v) is 11.5. The number of carbonyl (C=O) groups excluding carboxylic acids is 2. The Balaban J connectivity index is 1.55. The zero-order valence-electron chi connectivity index (χ0n) is 19.6. The molecule has 3 aromatic carbocycles. The van der Waals surface area contributed by atoms with E-state index in [4.69, 9.17) is 9.47 Å². The van der Waals surface area contributed by atoms with Crippen molar-refractivity contribution in [3.63, 3.8) is 0 Å². The highest BCUT2D eigenvalue weighted by Crippen LogP contribution is 2.28. The Bertz CT molecular complexity index is 1090. The van der Waals surface area contributed by atoms with Crippen LogP contribution in [-0.2, 0) is 22.4 Å². The SMILES string of the molecule is COc1ccc(CC2C(=O)N(C)C(CCc3ccccc3)N2C(=O)COc2ccccc2)cc1. The number of hydrogen-bond donors (Lipinski definition) is 0. The molecule has 1 aliphatic rings. The average molecular weight is 459 g/mol. The molecule has 4 rings (SSSR count). The lowest BCUT2D eigenvalue weighted by Crippen LogP contribution is -2.47. The molecule has 1 saturated heterocycles. The van der Waals surface area contributed by atoms with Crippen LogP contribution >= 0.6 is 0 Å². The van der Waals surface area contributed by atoms with Gasteiger partial charge in [-0.2, -0.15) is 0 Å². The molecule has 0 spiro atoms. The van der Waals surface area contributed by atoms with Crippen LogP contribution in [0.15, 0.2) is 84.9 Å². The van der Waals surface area contributed by atoms with Crippen LogP contribution in [0, 0.1) is 0 Å². The molecule has 1 heterocycles. The van der Waals surface area contributed by atoms with E-state index in [-0.39, 0.29) is 24.6 Å². The van der Waals surface area contributed by atoms with Gasteiger partial charge >= 0.3 is 0 Å². The van der Waals surface area contributed by atoms with Crippen molar-refractivity contribution in [2.75, 3.05) is 20.8 Å². The molecule has 0 radical (unpaired) electrons. The molecule has 1 aliphatic heterocycles. The van der Waals surface area contributed by atoms with Crippen molar-refractivity contribution < 1.29 is 19.1 Å². The van der Waals surface area contributed by atoms with Crippen LogP contribution in [0.5, 0.6) is 11.5 Å². The molecule has 2 unspecified atom stereocenters. The summed E-state index contributed by atoms with van der Waals surface area (Å²) < 4.78 is 11.0. The van der Waals surface area contributed by atoms with Crippen molar-refractivity contribution in [2.45, 2.75) is 31.5 Å². The Labute approximate surface area is 200 Å². The third kappa shape index (κ3) is 5.39. The molecule has 0 saturated carbocycles. The van der Waals surface area contributed by atoms with E-state index in [1.807, 2.05) is 72.8 Å². The van der Waals surface area contributed by atoms with E-state index in [2.05, 4.69) is 12.1 Å². The molecule has 34 heavy (non-hydrogen) atoms. The van der Waals surface area contributed by atoms with Gasteiger partial charge in [0.25, 0.3) is 5.91 Å². The first kappa shape index (κ1) is 23.4. The maximum absolute atomic E-state index is 13.4. The van der Waals surface area contributed by atoms with Gasteiger partial charge in [0.1, 0.15) is 23.7 Å². The number of benzene rings is 3. The highest BCUT2D eigenvalue weighted by atomic mass is 16.5. The highest BCUT2D eigenvalue weighted by Gasteiger charge is 2.46. The van der Waals surface area contributed by atoms with Crippen LogP contribution in [0.4, 0.5) is 0 Å². The number of methoxy groups -OCH3 is 1. The van der Waals surface area contributed by atoms with Gasteiger partial charge in [0.2, 0.25) is 5.91 Å². The number of ether oxygens (including phenoxy) is 2. The Morgan fingerprint density at radius 3 is 2.15 bits per heavy atom. The molecule has 2 atom stereocenters. The van der Waals surface area contributed by atoms with Gasteiger partial charge in [-0.1, -0.05) is 60.7 Å². The molecule has 0 aromatic heterocycles. The Hall–Kier alpha value is -3.80. The van der Waals surface area contributed by atoms with Gasteiger partial charge in [0.05, 0.1) is 7.11 Å². The normalized spacial score (nSPS) is 17.6. The van der Waals surface area contributed by atoms with Crippen LogP contribution in [0.25, 0.3) is 0 Å². The summed E-state index contributed by atoms with van der Waals surface area (Å²) >= 11 is 0. The molecule has 3 aromatic rings. The van der Waals surface area contributed by atoms with Crippen molar-refractivity contribution >= 4 is 11.8 Å². The standard InChI is InChI=1S/C28H30N2O4/c1-29-26(18-15-21-9-5-3-6-10-21)30(27(31)20-34-24-11-7-4-8-12-24)25(28(29)32)19-22-13-16-23(33-2)17-14-22/h3-14,16-17,25-26H,15,18-20H2,1-2H3. The number of para-hydroxylation sites is 1. The van der Waals surface area contributed by atoms with Crippen molar-refractivity contribution in [2.24, 2.45) is 0 Å². The first-order chi connectivity index (χ1) is 16.6. The fraction of sp³-hybridized carbons (Fsp3) is 0.286. The van der Waals surface area contributed by atoms with Crippen molar-refractivity contribution in [1.29, 1.82) is 0 Å². The number of carbonyl (C=O) groups is 2. The fourth-order valence-electron chi connectivity index (χ4n) is 4.42. The molecule has 0 bridgehead atoms. The molecule has 6 heteroatoms. The molecule has 176 valence electrons. The number of rotatable bonds is 9. The van der Waals surface area contributed by atoms with E-state index in [0.717, 1.165) is 17.7 Å². The summed E-state index contributed by atoms with van der Waals surface area (Å²) in [6.07, 6.45) is 1.53. The predicted molar refractivity (Wildman–Crippen MR) is 131 cm³/mol. The summed E-state index contributed by atoms with van der Waals surface area (Å²) in [5, 5.41) is 0. The maximum atomic E-state index is 13.4. The minimum atomic E-state index is -0.578. The number of aryl methyl sites for hydroxylation is 1. The smallest absolute Gasteiger partial charge is 0.262 e. The van der Waals surface area contributed by atoms with Crippen LogP contribution < -0.4 is 9.47 Å². The summed E-state index contributed by atoms with van der Waals surface area (Å²) in [5.74, 6) is 1.13. The second kappa shape index (κ2) is 10.9. The van der Waals surface area contributed by atoms with Gasteiger partial charge in [-0.15, -0.1) is 0 Å². The lowest BCUT2D eigenvalue weighted by molar-refractivity contribution is -0.138. The topological polar surface area (TPSA) is 59.1 Å². The second-order valence-electron chi connectivity index (χ2n) is 8.42. The number of nitrogens with zero attached hydrogens (tertiary/aromatic N) is 2. The zero-order chi connectivity index (χ0) is 23.9. The van der Waals surface area contributed by atoms with E-state index in [9.17, 15) is 9.59 Å². The van der Waals surface area contributed by atoms with Gasteiger partial charge in [-0.25, -0.2) is 0 Å². The van der Waals surface area contributed by atoms with Crippen molar-refractivity contribution in [3.05, 3.63) is 96.1 Å². The third-order valence-corrected chi connectivity index (χ3v) is 6.25. The summed E-state index contributed by atoms with van der Waals surface area (Å²) in [6, 6.07) is 26.4. The Morgan fingerprint density at radius 1 is 0.853 bits per heavy atom. The van der Waals surface area contributed by atoms with E-state index in [1.54, 1.807) is 24.0 Å². The van der Waals surface area contributed by atoms with Crippen LogP contribution in [0.3, 0.4) is 0 Å². The average Bonchev–Trinajstić information content (AvgIpc) is 3.12. The first-order valence-electron chi connectivity index (χ1n) is 11.5. The molecule has 1 fully saturated rings. The van der Waals surface area contributed by atoms with Crippen LogP contribution in [-0.4, -0.2) is 54.6 Å². The van der Waals surface area contributed by atoms with E-state index < -0.39 is 6.04 Å². The van der Waals surface area contributed by atoms with Crippen molar-refractivity contribution in [1.82, 2.24) is 9.80 Å². The van der Waals surface area contributed by atoms with E-state index in [1.165, 1.54) is 5.56 Å². The lowest BCUT2D eigenvalue weighted by atomic mass is 10.0.